The number of aromatic nitrogens is 8. The molecule has 0 spiro atoms. The molecule has 8 heterocycles. The van der Waals surface area contributed by atoms with Crippen LogP contribution in [0.4, 0.5) is 68.2 Å². The summed E-state index contributed by atoms with van der Waals surface area (Å²) >= 11 is 0. The van der Waals surface area contributed by atoms with Gasteiger partial charge in [0.15, 0.2) is 0 Å². The standard InChI is InChI=1S/C88H102N12/c1-17-55-39-89-40-56(18-2)81(55)97(82-57(19-3)41-90-42-58(82)20-4)75-37-76(98(83-59(21-5)43-91-44-60(83)22-6)84-61(23-7)45-92-46-62(84)24-8)72-35-36-74-78(100(87-67(29-13)51-95-52-68(87)30-14)88-69(31-15)53-96-54-70(88)32-16)38-77(73-34-33-71(75)79(72)80(73)74)99(85-63(25-9)47-93-48-64(85)26-10)86-65(27-11)49-94-50-66(86)28-12/h33-54H,17-32H2,1-16H3. The molecular formula is C88H102N12. The van der Waals surface area contributed by atoms with Crippen LogP contribution in [-0.2, 0) is 103 Å². The Balaban J connectivity index is 1.45. The first-order valence-corrected chi connectivity index (χ1v) is 37.6. The van der Waals surface area contributed by atoms with E-state index in [1.807, 2.05) is 0 Å². The monoisotopic (exact) mass is 1330 g/mol. The number of rotatable bonds is 28. The molecule has 0 amide bonds. The van der Waals surface area contributed by atoms with Crippen molar-refractivity contribution in [3.05, 3.63) is 225 Å². The van der Waals surface area contributed by atoms with Crippen LogP contribution >= 0.6 is 0 Å². The Morgan fingerprint density at radius 2 is 0.290 bits per heavy atom. The number of anilines is 12. The molecule has 4 aromatic carbocycles. The van der Waals surface area contributed by atoms with E-state index in [0.717, 1.165) is 147 Å². The molecule has 0 aliphatic heterocycles. The van der Waals surface area contributed by atoms with E-state index in [1.54, 1.807) is 0 Å². The smallest absolute Gasteiger partial charge is 0.0562 e. The molecule has 0 fully saturated rings. The first kappa shape index (κ1) is 70.2. The molecule has 0 radical (unpaired) electrons. The van der Waals surface area contributed by atoms with Crippen LogP contribution in [0.5, 0.6) is 0 Å². The van der Waals surface area contributed by atoms with E-state index in [-0.39, 0.29) is 0 Å². The van der Waals surface area contributed by atoms with Crippen molar-refractivity contribution in [2.75, 3.05) is 19.6 Å². The van der Waals surface area contributed by atoms with Crippen molar-refractivity contribution >= 4 is 101 Å². The molecule has 514 valence electrons. The van der Waals surface area contributed by atoms with E-state index >= 15 is 0 Å². The van der Waals surface area contributed by atoms with E-state index in [9.17, 15) is 0 Å². The molecule has 0 aliphatic carbocycles. The Hall–Kier alpha value is -9.68. The number of hydrogen-bond donors (Lipinski definition) is 0. The second kappa shape index (κ2) is 30.8. The topological polar surface area (TPSA) is 116 Å². The highest BCUT2D eigenvalue weighted by molar-refractivity contribution is 6.33. The molecule has 12 aromatic rings. The van der Waals surface area contributed by atoms with Gasteiger partial charge in [-0.2, -0.15) is 0 Å². The Labute approximate surface area is 594 Å². The Bertz CT molecular complexity index is 3930. The van der Waals surface area contributed by atoms with Crippen LogP contribution in [0.1, 0.15) is 200 Å². The Morgan fingerprint density at radius 3 is 0.390 bits per heavy atom. The van der Waals surface area contributed by atoms with E-state index in [1.165, 1.54) is 145 Å². The van der Waals surface area contributed by atoms with Crippen molar-refractivity contribution in [2.24, 2.45) is 0 Å². The number of aryl methyl sites for hydroxylation is 16. The van der Waals surface area contributed by atoms with Gasteiger partial charge in [0.2, 0.25) is 0 Å². The van der Waals surface area contributed by atoms with Crippen LogP contribution in [0.2, 0.25) is 0 Å². The first-order valence-electron chi connectivity index (χ1n) is 37.6. The molecule has 8 aromatic heterocycles. The fraction of sp³-hybridized carbons (Fsp3) is 0.364. The highest BCUT2D eigenvalue weighted by Crippen LogP contribution is 2.59. The van der Waals surface area contributed by atoms with Crippen molar-refractivity contribution in [3.63, 3.8) is 0 Å². The van der Waals surface area contributed by atoms with Gasteiger partial charge in [-0.25, -0.2) is 0 Å². The molecule has 100 heavy (non-hydrogen) atoms. The van der Waals surface area contributed by atoms with Crippen molar-refractivity contribution in [2.45, 2.75) is 214 Å². The van der Waals surface area contributed by atoms with Gasteiger partial charge < -0.3 is 19.6 Å². The number of nitrogens with zero attached hydrogens (tertiary/aromatic N) is 12. The van der Waals surface area contributed by atoms with Crippen LogP contribution < -0.4 is 19.6 Å². The average molecular weight is 1330 g/mol. The summed E-state index contributed by atoms with van der Waals surface area (Å²) in [6.45, 7) is 36.6. The lowest BCUT2D eigenvalue weighted by Gasteiger charge is -2.38. The van der Waals surface area contributed by atoms with Gasteiger partial charge >= 0.3 is 0 Å². The summed E-state index contributed by atoms with van der Waals surface area (Å²) in [7, 11) is 0. The van der Waals surface area contributed by atoms with E-state index in [4.69, 9.17) is 39.9 Å². The Kier molecular flexibility index (Phi) is 21.6. The largest absolute Gasteiger partial charge is 0.308 e. The fourth-order valence-corrected chi connectivity index (χ4v) is 15.9. The predicted molar refractivity (Wildman–Crippen MR) is 421 cm³/mol. The summed E-state index contributed by atoms with van der Waals surface area (Å²) in [6.07, 6.45) is 46.4. The summed E-state index contributed by atoms with van der Waals surface area (Å²) in [6, 6.07) is 15.1. The van der Waals surface area contributed by atoms with Crippen LogP contribution in [0.3, 0.4) is 0 Å². The lowest BCUT2D eigenvalue weighted by atomic mass is 9.87. The van der Waals surface area contributed by atoms with E-state index < -0.39 is 0 Å². The SMILES string of the molecule is CCc1cncc(CC)c1N(c1c(CC)cncc1CC)c1cc(N(c2c(CC)cncc2CC)c2c(CC)cncc2CC)c2ccc3c(N(c4c(CC)cncc4CC)c4c(CC)cncc4CC)cc(N(c4c(CC)cncc4CC)c4c(CC)cncc4CC)c4ccc1c2c43. The Morgan fingerprint density at radius 1 is 0.180 bits per heavy atom. The van der Waals surface area contributed by atoms with Gasteiger partial charge in [-0.15, -0.1) is 0 Å². The summed E-state index contributed by atoms with van der Waals surface area (Å²) < 4.78 is 0. The van der Waals surface area contributed by atoms with E-state index in [0.29, 0.717) is 0 Å². The summed E-state index contributed by atoms with van der Waals surface area (Å²) in [5.41, 5.74) is 32.7. The quantitative estimate of drug-likeness (QED) is 0.0435. The van der Waals surface area contributed by atoms with Crippen molar-refractivity contribution < 1.29 is 0 Å². The van der Waals surface area contributed by atoms with Crippen molar-refractivity contribution in [3.8, 4) is 0 Å². The van der Waals surface area contributed by atoms with Crippen LogP contribution in [-0.4, -0.2) is 39.9 Å². The number of benzene rings is 4. The zero-order valence-corrected chi connectivity index (χ0v) is 62.4. The second-order valence-corrected chi connectivity index (χ2v) is 26.4. The number of hydrogen-bond acceptors (Lipinski definition) is 12. The minimum absolute atomic E-state index is 0.781. The molecule has 0 N–H and O–H groups in total. The highest BCUT2D eigenvalue weighted by Gasteiger charge is 2.36. The molecule has 0 aliphatic rings. The lowest BCUT2D eigenvalue weighted by molar-refractivity contribution is 0.987. The zero-order valence-electron chi connectivity index (χ0n) is 62.4. The third-order valence-electron chi connectivity index (χ3n) is 21.2. The molecule has 0 atom stereocenters. The van der Waals surface area contributed by atoms with Gasteiger partial charge in [-0.3, -0.25) is 39.9 Å². The number of pyridine rings is 8. The van der Waals surface area contributed by atoms with Crippen LogP contribution in [0.15, 0.2) is 136 Å². The second-order valence-electron chi connectivity index (χ2n) is 26.4. The van der Waals surface area contributed by atoms with Crippen LogP contribution in [0, 0.1) is 0 Å². The highest BCUT2D eigenvalue weighted by atomic mass is 15.2. The van der Waals surface area contributed by atoms with E-state index in [2.05, 4.69) is 266 Å². The maximum atomic E-state index is 5.04. The van der Waals surface area contributed by atoms with Gasteiger partial charge in [0.25, 0.3) is 0 Å². The third-order valence-corrected chi connectivity index (χ3v) is 21.2. The molecule has 0 saturated heterocycles. The fourth-order valence-electron chi connectivity index (χ4n) is 15.9. The van der Waals surface area contributed by atoms with Gasteiger partial charge in [0, 0.05) is 131 Å². The average Bonchev–Trinajstić information content (AvgIpc) is 0.694. The van der Waals surface area contributed by atoms with Gasteiger partial charge in [-0.05, 0) is 204 Å². The predicted octanol–water partition coefficient (Wildman–Crippen LogP) is 22.6. The van der Waals surface area contributed by atoms with Crippen molar-refractivity contribution in [1.29, 1.82) is 0 Å². The normalized spacial score (nSPS) is 11.6. The molecule has 0 unspecified atom stereocenters. The van der Waals surface area contributed by atoms with Gasteiger partial charge in [0.1, 0.15) is 0 Å². The van der Waals surface area contributed by atoms with Crippen LogP contribution in [0.25, 0.3) is 32.3 Å². The molecule has 0 bridgehead atoms. The molecule has 12 rings (SSSR count). The summed E-state index contributed by atoms with van der Waals surface area (Å²) in [5.74, 6) is 0. The van der Waals surface area contributed by atoms with Gasteiger partial charge in [-0.1, -0.05) is 135 Å². The maximum absolute atomic E-state index is 5.04. The molecule has 0 saturated carbocycles. The summed E-state index contributed by atoms with van der Waals surface area (Å²) in [5, 5.41) is 6.92. The molecule has 12 heteroatoms. The third kappa shape index (κ3) is 12.1. The first-order chi connectivity index (χ1) is 49.0. The minimum atomic E-state index is 0.781. The maximum Gasteiger partial charge on any atom is 0.0562 e. The summed E-state index contributed by atoms with van der Waals surface area (Å²) in [4.78, 5) is 51.0. The lowest BCUT2D eigenvalue weighted by Crippen LogP contribution is -2.22. The van der Waals surface area contributed by atoms with Crippen molar-refractivity contribution in [1.82, 2.24) is 39.9 Å². The zero-order chi connectivity index (χ0) is 70.5. The molecular weight excluding hydrogens is 1230 g/mol. The van der Waals surface area contributed by atoms with Gasteiger partial charge in [0.05, 0.1) is 68.2 Å². The molecule has 12 nitrogen and oxygen atoms in total. The minimum Gasteiger partial charge on any atom is -0.308 e.